The van der Waals surface area contributed by atoms with Crippen LogP contribution in [0, 0.1) is 11.6 Å². The van der Waals surface area contributed by atoms with Crippen LogP contribution in [-0.4, -0.2) is 21.1 Å². The maximum Gasteiger partial charge on any atom is 0.292 e. The minimum atomic E-state index is -1.03. The van der Waals surface area contributed by atoms with Crippen LogP contribution >= 0.6 is 0 Å². The zero-order valence-electron chi connectivity index (χ0n) is 7.87. The topological polar surface area (TPSA) is 70.7 Å². The second-order valence-electron chi connectivity index (χ2n) is 2.92. The molecule has 0 atom stereocenters. The molecule has 0 spiro atoms. The predicted octanol–water partition coefficient (Wildman–Crippen LogP) is 1.34. The lowest BCUT2D eigenvalue weighted by Crippen LogP contribution is -2.13. The van der Waals surface area contributed by atoms with Crippen molar-refractivity contribution in [3.63, 3.8) is 0 Å². The van der Waals surface area contributed by atoms with Gasteiger partial charge in [-0.1, -0.05) is 0 Å². The van der Waals surface area contributed by atoms with E-state index in [1.54, 1.807) is 0 Å². The summed E-state index contributed by atoms with van der Waals surface area (Å²) in [5.41, 5.74) is 0.139. The van der Waals surface area contributed by atoms with Gasteiger partial charge in [-0.15, -0.1) is 0 Å². The summed E-state index contributed by atoms with van der Waals surface area (Å²) in [6.45, 7) is 0. The molecule has 82 valence electrons. The Morgan fingerprint density at radius 2 is 2.12 bits per heavy atom. The van der Waals surface area contributed by atoms with E-state index >= 15 is 0 Å². The molecule has 5 nitrogen and oxygen atoms in total. The number of nitrogens with zero attached hydrogens (tertiary/aromatic N) is 2. The van der Waals surface area contributed by atoms with Crippen LogP contribution in [0.4, 0.5) is 14.5 Å². The Labute approximate surface area is 88.5 Å². The molecule has 1 amide bonds. The van der Waals surface area contributed by atoms with Gasteiger partial charge in [-0.05, 0) is 12.1 Å². The van der Waals surface area contributed by atoms with Crippen LogP contribution in [0.2, 0.25) is 0 Å². The van der Waals surface area contributed by atoms with Crippen molar-refractivity contribution in [2.24, 2.45) is 0 Å². The molecule has 2 N–H and O–H groups in total. The first-order chi connectivity index (χ1) is 7.66. The van der Waals surface area contributed by atoms with Gasteiger partial charge in [0.2, 0.25) is 5.82 Å². The summed E-state index contributed by atoms with van der Waals surface area (Å²) in [4.78, 5) is 15.0. The number of aromatic nitrogens is 3. The minimum Gasteiger partial charge on any atom is -0.319 e. The lowest BCUT2D eigenvalue weighted by atomic mass is 10.3. The third-order valence-corrected chi connectivity index (χ3v) is 1.81. The second-order valence-corrected chi connectivity index (χ2v) is 2.92. The lowest BCUT2D eigenvalue weighted by molar-refractivity contribution is 0.101. The number of anilines is 1. The van der Waals surface area contributed by atoms with E-state index in [1.165, 1.54) is 12.4 Å². The first-order valence-corrected chi connectivity index (χ1v) is 4.28. The Balaban J connectivity index is 2.15. The average Bonchev–Trinajstić information content (AvgIpc) is 2.77. The first-order valence-electron chi connectivity index (χ1n) is 4.28. The average molecular weight is 224 g/mol. The molecule has 2 aromatic rings. The summed E-state index contributed by atoms with van der Waals surface area (Å²) in [6.07, 6.45) is 1.17. The van der Waals surface area contributed by atoms with Crippen LogP contribution in [0.5, 0.6) is 0 Å². The maximum atomic E-state index is 12.8. The van der Waals surface area contributed by atoms with Crippen LogP contribution in [0.3, 0.4) is 0 Å². The lowest BCUT2D eigenvalue weighted by Gasteiger charge is -2.02. The van der Waals surface area contributed by atoms with Gasteiger partial charge in [0.25, 0.3) is 5.91 Å². The van der Waals surface area contributed by atoms with E-state index in [-0.39, 0.29) is 11.5 Å². The van der Waals surface area contributed by atoms with Gasteiger partial charge in [0.05, 0.1) is 0 Å². The molecule has 0 aliphatic rings. The van der Waals surface area contributed by atoms with Crippen molar-refractivity contribution >= 4 is 11.6 Å². The molecule has 2 rings (SSSR count). The van der Waals surface area contributed by atoms with Gasteiger partial charge in [-0.2, -0.15) is 5.10 Å². The summed E-state index contributed by atoms with van der Waals surface area (Å²) in [7, 11) is 0. The van der Waals surface area contributed by atoms with Gasteiger partial charge in [-0.3, -0.25) is 9.89 Å². The minimum absolute atomic E-state index is 0.00951. The molecule has 1 aromatic carbocycles. The molecule has 0 fully saturated rings. The number of H-pyrrole nitrogens is 1. The number of carbonyl (C=O) groups excluding carboxylic acids is 1. The van der Waals surface area contributed by atoms with Crippen LogP contribution in [0.25, 0.3) is 0 Å². The molecule has 1 aromatic heterocycles. The number of amides is 1. The summed E-state index contributed by atoms with van der Waals surface area (Å²) < 4.78 is 25.4. The van der Waals surface area contributed by atoms with Crippen LogP contribution < -0.4 is 5.32 Å². The van der Waals surface area contributed by atoms with E-state index in [2.05, 4.69) is 20.5 Å². The van der Waals surface area contributed by atoms with E-state index < -0.39 is 17.5 Å². The molecule has 16 heavy (non-hydrogen) atoms. The van der Waals surface area contributed by atoms with Crippen molar-refractivity contribution in [3.8, 4) is 0 Å². The molecule has 0 aliphatic heterocycles. The summed E-state index contributed by atoms with van der Waals surface area (Å²) in [5, 5.41) is 8.16. The van der Waals surface area contributed by atoms with Crippen molar-refractivity contribution in [2.45, 2.75) is 0 Å². The zero-order chi connectivity index (χ0) is 11.5. The van der Waals surface area contributed by atoms with Crippen molar-refractivity contribution < 1.29 is 13.6 Å². The molecule has 0 aliphatic carbocycles. The highest BCUT2D eigenvalue weighted by atomic mass is 19.2. The van der Waals surface area contributed by atoms with Crippen LogP contribution in [0.1, 0.15) is 10.6 Å². The quantitative estimate of drug-likeness (QED) is 0.808. The van der Waals surface area contributed by atoms with Crippen LogP contribution in [0.15, 0.2) is 24.5 Å². The summed E-state index contributed by atoms with van der Waals surface area (Å²) in [6, 6.07) is 3.04. The Morgan fingerprint density at radius 1 is 1.31 bits per heavy atom. The molecular formula is C9H6F2N4O. The molecule has 0 radical (unpaired) electrons. The Morgan fingerprint density at radius 3 is 2.75 bits per heavy atom. The summed E-state index contributed by atoms with van der Waals surface area (Å²) in [5.74, 6) is -2.60. The number of rotatable bonds is 2. The molecule has 7 heteroatoms. The molecule has 0 bridgehead atoms. The van der Waals surface area contributed by atoms with Gasteiger partial charge >= 0.3 is 0 Å². The number of hydrogen-bond acceptors (Lipinski definition) is 3. The van der Waals surface area contributed by atoms with Crippen molar-refractivity contribution in [3.05, 3.63) is 42.0 Å². The standard InChI is InChI=1S/C9H6F2N4O/c10-6-2-1-5(3-7(6)11)14-9(16)8-12-4-13-15-8/h1-4H,(H,14,16)(H,12,13,15). The second kappa shape index (κ2) is 4.05. The molecule has 0 saturated carbocycles. The highest BCUT2D eigenvalue weighted by Crippen LogP contribution is 2.13. The van der Waals surface area contributed by atoms with Gasteiger partial charge in [0.1, 0.15) is 6.33 Å². The molecule has 1 heterocycles. The fourth-order valence-corrected chi connectivity index (χ4v) is 1.08. The fraction of sp³-hybridized carbons (Fsp3) is 0. The highest BCUT2D eigenvalue weighted by molar-refractivity contribution is 6.01. The van der Waals surface area contributed by atoms with E-state index in [9.17, 15) is 13.6 Å². The zero-order valence-corrected chi connectivity index (χ0v) is 7.87. The normalized spacial score (nSPS) is 10.1. The first kappa shape index (κ1) is 10.2. The Hall–Kier alpha value is -2.31. The SMILES string of the molecule is O=C(Nc1ccc(F)c(F)c1)c1ncn[nH]1. The number of hydrogen-bond donors (Lipinski definition) is 2. The molecule has 0 unspecified atom stereocenters. The third-order valence-electron chi connectivity index (χ3n) is 1.81. The summed E-state index contributed by atoms with van der Waals surface area (Å²) >= 11 is 0. The van der Waals surface area contributed by atoms with Gasteiger partial charge < -0.3 is 5.32 Å². The van der Waals surface area contributed by atoms with Crippen molar-refractivity contribution in [1.29, 1.82) is 0 Å². The predicted molar refractivity (Wildman–Crippen MR) is 50.7 cm³/mol. The van der Waals surface area contributed by atoms with Crippen molar-refractivity contribution in [2.75, 3.05) is 5.32 Å². The molecular weight excluding hydrogens is 218 g/mol. The molecule has 0 saturated heterocycles. The largest absolute Gasteiger partial charge is 0.319 e. The Kier molecular flexibility index (Phi) is 2.59. The fourth-order valence-electron chi connectivity index (χ4n) is 1.08. The van der Waals surface area contributed by atoms with E-state index in [1.807, 2.05) is 0 Å². The number of carbonyl (C=O) groups is 1. The van der Waals surface area contributed by atoms with E-state index in [0.717, 1.165) is 12.1 Å². The number of nitrogens with one attached hydrogen (secondary N) is 2. The van der Waals surface area contributed by atoms with E-state index in [4.69, 9.17) is 0 Å². The van der Waals surface area contributed by atoms with E-state index in [0.29, 0.717) is 0 Å². The number of benzene rings is 1. The van der Waals surface area contributed by atoms with Crippen molar-refractivity contribution in [1.82, 2.24) is 15.2 Å². The monoisotopic (exact) mass is 224 g/mol. The van der Waals surface area contributed by atoms with Gasteiger partial charge in [0, 0.05) is 11.8 Å². The maximum absolute atomic E-state index is 12.8. The number of aromatic amines is 1. The third kappa shape index (κ3) is 2.02. The van der Waals surface area contributed by atoms with Crippen LogP contribution in [-0.2, 0) is 0 Å². The van der Waals surface area contributed by atoms with Gasteiger partial charge in [0.15, 0.2) is 11.6 Å². The smallest absolute Gasteiger partial charge is 0.292 e. The number of halogens is 2. The Bertz CT molecular complexity index is 512. The van der Waals surface area contributed by atoms with Gasteiger partial charge in [-0.25, -0.2) is 13.8 Å². The highest BCUT2D eigenvalue weighted by Gasteiger charge is 2.10.